The summed E-state index contributed by atoms with van der Waals surface area (Å²) in [5.41, 5.74) is 0.774. The number of ether oxygens (including phenoxy) is 1. The number of rotatable bonds is 7. The van der Waals surface area contributed by atoms with Crippen molar-refractivity contribution in [3.8, 4) is 5.75 Å². The van der Waals surface area contributed by atoms with Crippen molar-refractivity contribution in [2.45, 2.75) is 64.6 Å². The first-order valence-electron chi connectivity index (χ1n) is 9.73. The number of methoxy groups -OCH3 is 1. The zero-order valence-corrected chi connectivity index (χ0v) is 16.4. The Hall–Kier alpha value is -2.15. The van der Waals surface area contributed by atoms with Crippen molar-refractivity contribution in [1.82, 2.24) is 10.6 Å². The van der Waals surface area contributed by atoms with Crippen LogP contribution in [0.4, 0.5) is 9.18 Å². The van der Waals surface area contributed by atoms with E-state index in [9.17, 15) is 14.0 Å². The van der Waals surface area contributed by atoms with Crippen LogP contribution in [0.25, 0.3) is 0 Å². The molecule has 1 aliphatic rings. The monoisotopic (exact) mass is 380 g/mol. The molecule has 1 aromatic carbocycles. The molecular formula is C20H31FN3O3+. The SMILES string of the molecule is CC[NH+](Cc1ccc(OC)c(F)c1)[C@H](C)C(=O)NC(=O)NC1CCCCC1. The molecule has 0 saturated heterocycles. The summed E-state index contributed by atoms with van der Waals surface area (Å²) in [6.07, 6.45) is 5.36. The molecule has 0 heterocycles. The molecule has 6 nitrogen and oxygen atoms in total. The number of carbonyl (C=O) groups excluding carboxylic acids is 2. The molecule has 1 aromatic rings. The van der Waals surface area contributed by atoms with Crippen LogP contribution in [0.3, 0.4) is 0 Å². The fraction of sp³-hybridized carbons (Fsp3) is 0.600. The summed E-state index contributed by atoms with van der Waals surface area (Å²) in [6.45, 7) is 4.89. The third-order valence-corrected chi connectivity index (χ3v) is 5.28. The van der Waals surface area contributed by atoms with Gasteiger partial charge in [0.1, 0.15) is 6.54 Å². The van der Waals surface area contributed by atoms with Crippen molar-refractivity contribution in [3.63, 3.8) is 0 Å². The van der Waals surface area contributed by atoms with Crippen molar-refractivity contribution in [3.05, 3.63) is 29.6 Å². The summed E-state index contributed by atoms with van der Waals surface area (Å²) < 4.78 is 18.8. The van der Waals surface area contributed by atoms with Crippen LogP contribution in [0.5, 0.6) is 5.75 Å². The number of benzene rings is 1. The largest absolute Gasteiger partial charge is 0.494 e. The van der Waals surface area contributed by atoms with Gasteiger partial charge in [-0.25, -0.2) is 9.18 Å². The lowest BCUT2D eigenvalue weighted by atomic mass is 9.96. The van der Waals surface area contributed by atoms with E-state index in [0.717, 1.165) is 36.1 Å². The highest BCUT2D eigenvalue weighted by Crippen LogP contribution is 2.18. The summed E-state index contributed by atoms with van der Waals surface area (Å²) in [5, 5.41) is 5.34. The van der Waals surface area contributed by atoms with Crippen LogP contribution in [-0.4, -0.2) is 37.7 Å². The van der Waals surface area contributed by atoms with Gasteiger partial charge < -0.3 is 15.0 Å². The average molecular weight is 380 g/mol. The van der Waals surface area contributed by atoms with E-state index in [1.807, 2.05) is 6.92 Å². The third-order valence-electron chi connectivity index (χ3n) is 5.28. The minimum absolute atomic E-state index is 0.152. The second-order valence-electron chi connectivity index (χ2n) is 7.18. The first kappa shape index (κ1) is 21.2. The fourth-order valence-corrected chi connectivity index (χ4v) is 3.54. The Morgan fingerprint density at radius 2 is 2.00 bits per heavy atom. The average Bonchev–Trinajstić information content (AvgIpc) is 2.66. The van der Waals surface area contributed by atoms with Crippen LogP contribution in [0, 0.1) is 5.82 Å². The van der Waals surface area contributed by atoms with Crippen LogP contribution in [0.15, 0.2) is 18.2 Å². The summed E-state index contributed by atoms with van der Waals surface area (Å²) in [5.74, 6) is -0.550. The Morgan fingerprint density at radius 1 is 1.30 bits per heavy atom. The molecule has 1 aliphatic carbocycles. The van der Waals surface area contributed by atoms with Gasteiger partial charge in [0.25, 0.3) is 5.91 Å². The number of urea groups is 1. The minimum Gasteiger partial charge on any atom is -0.494 e. The van der Waals surface area contributed by atoms with Crippen molar-refractivity contribution >= 4 is 11.9 Å². The molecule has 2 rings (SSSR count). The van der Waals surface area contributed by atoms with Gasteiger partial charge in [0.15, 0.2) is 17.6 Å². The lowest BCUT2D eigenvalue weighted by Gasteiger charge is -2.25. The molecular weight excluding hydrogens is 349 g/mol. The van der Waals surface area contributed by atoms with E-state index in [-0.39, 0.29) is 17.7 Å². The Bertz CT molecular complexity index is 647. The van der Waals surface area contributed by atoms with Gasteiger partial charge in [-0.3, -0.25) is 10.1 Å². The summed E-state index contributed by atoms with van der Waals surface area (Å²) >= 11 is 0. The topological polar surface area (TPSA) is 71.9 Å². The smallest absolute Gasteiger partial charge is 0.321 e. The molecule has 0 spiro atoms. The maximum Gasteiger partial charge on any atom is 0.321 e. The lowest BCUT2D eigenvalue weighted by molar-refractivity contribution is -0.926. The normalized spacial score (nSPS) is 17.0. The van der Waals surface area contributed by atoms with E-state index < -0.39 is 17.9 Å². The molecule has 1 saturated carbocycles. The Kier molecular flexibility index (Phi) is 8.03. The van der Waals surface area contributed by atoms with Gasteiger partial charge in [-0.2, -0.15) is 0 Å². The van der Waals surface area contributed by atoms with E-state index in [1.165, 1.54) is 19.6 Å². The quantitative estimate of drug-likeness (QED) is 0.675. The molecule has 0 aromatic heterocycles. The Balaban J connectivity index is 1.90. The maximum absolute atomic E-state index is 13.9. The van der Waals surface area contributed by atoms with E-state index in [1.54, 1.807) is 19.1 Å². The molecule has 0 bridgehead atoms. The zero-order chi connectivity index (χ0) is 19.8. The highest BCUT2D eigenvalue weighted by molar-refractivity contribution is 5.96. The number of nitrogens with one attached hydrogen (secondary N) is 3. The lowest BCUT2D eigenvalue weighted by Crippen LogP contribution is -3.15. The van der Waals surface area contributed by atoms with Crippen LogP contribution >= 0.6 is 0 Å². The molecule has 0 radical (unpaired) electrons. The van der Waals surface area contributed by atoms with E-state index in [2.05, 4.69) is 10.6 Å². The number of amides is 3. The Labute approximate surface area is 160 Å². The molecule has 7 heteroatoms. The molecule has 2 atom stereocenters. The van der Waals surface area contributed by atoms with Crippen LogP contribution in [0.1, 0.15) is 51.5 Å². The van der Waals surface area contributed by atoms with Crippen molar-refractivity contribution in [2.24, 2.45) is 0 Å². The second kappa shape index (κ2) is 10.3. The summed E-state index contributed by atoms with van der Waals surface area (Å²) in [6, 6.07) is 4.09. The number of imide groups is 1. The summed E-state index contributed by atoms with van der Waals surface area (Å²) in [7, 11) is 1.42. The molecule has 3 N–H and O–H groups in total. The first-order valence-corrected chi connectivity index (χ1v) is 9.73. The predicted molar refractivity (Wildman–Crippen MR) is 101 cm³/mol. The summed E-state index contributed by atoms with van der Waals surface area (Å²) in [4.78, 5) is 25.5. The minimum atomic E-state index is -0.433. The number of hydrogen-bond acceptors (Lipinski definition) is 3. The zero-order valence-electron chi connectivity index (χ0n) is 16.4. The standard InChI is InChI=1S/C20H30FN3O3/c1-4-24(13-15-10-11-18(27-3)17(21)12-15)14(2)19(25)23-20(26)22-16-8-6-5-7-9-16/h10-12,14,16H,4-9,13H2,1-3H3,(H2,22,23,25,26)/p+1/t14-/m1/s1. The molecule has 1 fully saturated rings. The second-order valence-corrected chi connectivity index (χ2v) is 7.18. The third kappa shape index (κ3) is 6.20. The number of hydrogen-bond donors (Lipinski definition) is 3. The molecule has 0 aliphatic heterocycles. The van der Waals surface area contributed by atoms with Gasteiger partial charge in [-0.05, 0) is 44.9 Å². The highest BCUT2D eigenvalue weighted by atomic mass is 19.1. The van der Waals surface area contributed by atoms with E-state index >= 15 is 0 Å². The number of likely N-dealkylation sites (N-methyl/N-ethyl adjacent to an activating group) is 1. The van der Waals surface area contributed by atoms with Crippen molar-refractivity contribution in [1.29, 1.82) is 0 Å². The van der Waals surface area contributed by atoms with Crippen LogP contribution in [-0.2, 0) is 11.3 Å². The van der Waals surface area contributed by atoms with Gasteiger partial charge in [-0.15, -0.1) is 0 Å². The molecule has 3 amide bonds. The van der Waals surface area contributed by atoms with Gasteiger partial charge in [-0.1, -0.05) is 19.3 Å². The molecule has 150 valence electrons. The number of quaternary nitrogens is 1. The molecule has 1 unspecified atom stereocenters. The first-order chi connectivity index (χ1) is 12.9. The van der Waals surface area contributed by atoms with Crippen LogP contribution in [0.2, 0.25) is 0 Å². The van der Waals surface area contributed by atoms with Gasteiger partial charge in [0, 0.05) is 11.6 Å². The number of halogens is 1. The molecule has 27 heavy (non-hydrogen) atoms. The van der Waals surface area contributed by atoms with E-state index in [0.29, 0.717) is 13.1 Å². The van der Waals surface area contributed by atoms with Gasteiger partial charge in [0.05, 0.1) is 13.7 Å². The van der Waals surface area contributed by atoms with Gasteiger partial charge >= 0.3 is 6.03 Å². The van der Waals surface area contributed by atoms with Crippen molar-refractivity contribution in [2.75, 3.05) is 13.7 Å². The highest BCUT2D eigenvalue weighted by Gasteiger charge is 2.26. The van der Waals surface area contributed by atoms with E-state index in [4.69, 9.17) is 4.74 Å². The van der Waals surface area contributed by atoms with Crippen molar-refractivity contribution < 1.29 is 23.6 Å². The predicted octanol–water partition coefficient (Wildman–Crippen LogP) is 1.79. The Morgan fingerprint density at radius 3 is 2.59 bits per heavy atom. The van der Waals surface area contributed by atoms with Gasteiger partial charge in [0.2, 0.25) is 0 Å². The number of carbonyl (C=O) groups is 2. The van der Waals surface area contributed by atoms with Crippen LogP contribution < -0.4 is 20.3 Å². The fourth-order valence-electron chi connectivity index (χ4n) is 3.54. The maximum atomic E-state index is 13.9.